The van der Waals surface area contributed by atoms with Crippen LogP contribution in [0.1, 0.15) is 49.7 Å². The molecule has 3 fully saturated rings. The summed E-state index contributed by atoms with van der Waals surface area (Å²) in [6, 6.07) is 19.6. The van der Waals surface area contributed by atoms with Crippen LogP contribution in [0.5, 0.6) is 0 Å². The highest BCUT2D eigenvalue weighted by Crippen LogP contribution is 2.46. The Balaban J connectivity index is 0.00000218. The smallest absolute Gasteiger partial charge is 0.347 e. The highest BCUT2D eigenvalue weighted by molar-refractivity contribution is 5.85. The molecular formula is C25H30ClNO3. The van der Waals surface area contributed by atoms with Crippen LogP contribution < -0.4 is 12.4 Å². The lowest BCUT2D eigenvalue weighted by Gasteiger charge is -2.47. The maximum atomic E-state index is 13.4. The SMILES string of the molecule is O=C(OC1CC2CCC(C1)[N+]21CCCC1)C(O)(c1ccccc1)c1ccccc1.[Cl-]. The van der Waals surface area contributed by atoms with Gasteiger partial charge in [0.1, 0.15) is 6.10 Å². The lowest BCUT2D eigenvalue weighted by atomic mass is 9.86. The van der Waals surface area contributed by atoms with Gasteiger partial charge in [0.25, 0.3) is 0 Å². The van der Waals surface area contributed by atoms with Gasteiger partial charge in [-0.25, -0.2) is 4.79 Å². The van der Waals surface area contributed by atoms with E-state index < -0.39 is 11.6 Å². The lowest BCUT2D eigenvalue weighted by molar-refractivity contribution is -0.956. The molecule has 0 saturated carbocycles. The van der Waals surface area contributed by atoms with Gasteiger partial charge >= 0.3 is 5.97 Å². The number of rotatable bonds is 4. The Kier molecular flexibility index (Phi) is 5.93. The number of halogens is 1. The highest BCUT2D eigenvalue weighted by Gasteiger charge is 2.56. The van der Waals surface area contributed by atoms with E-state index >= 15 is 0 Å². The van der Waals surface area contributed by atoms with Crippen molar-refractivity contribution in [1.82, 2.24) is 0 Å². The molecule has 1 spiro atoms. The van der Waals surface area contributed by atoms with Crippen LogP contribution in [0.4, 0.5) is 0 Å². The fraction of sp³-hybridized carbons (Fsp3) is 0.480. The van der Waals surface area contributed by atoms with Crippen LogP contribution in [0, 0.1) is 0 Å². The van der Waals surface area contributed by atoms with Crippen LogP contribution in [0.15, 0.2) is 60.7 Å². The first-order valence-electron chi connectivity index (χ1n) is 11.0. The molecule has 2 aromatic rings. The molecule has 3 aliphatic heterocycles. The Labute approximate surface area is 184 Å². The molecule has 30 heavy (non-hydrogen) atoms. The van der Waals surface area contributed by atoms with Crippen molar-refractivity contribution in [2.75, 3.05) is 13.1 Å². The van der Waals surface area contributed by atoms with Crippen LogP contribution in [0.25, 0.3) is 0 Å². The number of carbonyl (C=O) groups is 1. The largest absolute Gasteiger partial charge is 1.00 e. The zero-order valence-corrected chi connectivity index (χ0v) is 18.0. The Bertz CT molecular complexity index is 811. The van der Waals surface area contributed by atoms with Gasteiger partial charge < -0.3 is 26.7 Å². The van der Waals surface area contributed by atoms with E-state index in [1.807, 2.05) is 36.4 Å². The molecule has 0 aromatic heterocycles. The second-order valence-electron chi connectivity index (χ2n) is 9.08. The predicted molar refractivity (Wildman–Crippen MR) is 111 cm³/mol. The highest BCUT2D eigenvalue weighted by atomic mass is 35.5. The number of carbonyl (C=O) groups excluding carboxylic acids is 1. The summed E-state index contributed by atoms with van der Waals surface area (Å²) in [5, 5.41) is 11.6. The normalized spacial score (nSPS) is 26.9. The van der Waals surface area contributed by atoms with E-state index in [1.165, 1.54) is 43.3 Å². The monoisotopic (exact) mass is 427 g/mol. The van der Waals surface area contributed by atoms with Gasteiger partial charge in [-0.3, -0.25) is 0 Å². The number of nitrogens with zero attached hydrogens (tertiary/aromatic N) is 1. The Morgan fingerprint density at radius 3 is 1.80 bits per heavy atom. The summed E-state index contributed by atoms with van der Waals surface area (Å²) in [5.41, 5.74) is -0.671. The average molecular weight is 428 g/mol. The van der Waals surface area contributed by atoms with Crippen molar-refractivity contribution in [3.63, 3.8) is 0 Å². The van der Waals surface area contributed by atoms with E-state index in [0.717, 1.165) is 12.8 Å². The zero-order valence-electron chi connectivity index (χ0n) is 17.3. The molecule has 2 bridgehead atoms. The van der Waals surface area contributed by atoms with Gasteiger partial charge in [-0.15, -0.1) is 0 Å². The van der Waals surface area contributed by atoms with E-state index in [0.29, 0.717) is 23.2 Å². The number of hydrogen-bond acceptors (Lipinski definition) is 3. The number of piperidine rings is 1. The Hall–Kier alpha value is -1.88. The summed E-state index contributed by atoms with van der Waals surface area (Å²) in [7, 11) is 0. The van der Waals surface area contributed by atoms with E-state index in [1.54, 1.807) is 24.3 Å². The second-order valence-corrected chi connectivity index (χ2v) is 9.08. The van der Waals surface area contributed by atoms with Crippen molar-refractivity contribution in [3.05, 3.63) is 71.8 Å². The van der Waals surface area contributed by atoms with Crippen molar-refractivity contribution in [3.8, 4) is 0 Å². The minimum Gasteiger partial charge on any atom is -1.00 e. The molecule has 3 saturated heterocycles. The predicted octanol–water partition coefficient (Wildman–Crippen LogP) is 0.774. The summed E-state index contributed by atoms with van der Waals surface area (Å²) >= 11 is 0. The van der Waals surface area contributed by atoms with Gasteiger partial charge in [-0.1, -0.05) is 60.7 Å². The van der Waals surface area contributed by atoms with Crippen molar-refractivity contribution >= 4 is 5.97 Å². The number of esters is 1. The summed E-state index contributed by atoms with van der Waals surface area (Å²) in [4.78, 5) is 13.4. The van der Waals surface area contributed by atoms with Crippen LogP contribution in [0.2, 0.25) is 0 Å². The van der Waals surface area contributed by atoms with Crippen molar-refractivity contribution < 1.29 is 31.5 Å². The van der Waals surface area contributed by atoms with E-state index in [9.17, 15) is 9.90 Å². The number of aliphatic hydroxyl groups is 1. The molecular weight excluding hydrogens is 398 g/mol. The van der Waals surface area contributed by atoms with Crippen LogP contribution >= 0.6 is 0 Å². The third kappa shape index (κ3) is 3.35. The van der Waals surface area contributed by atoms with Gasteiger partial charge in [0.05, 0.1) is 25.2 Å². The van der Waals surface area contributed by atoms with Crippen LogP contribution in [-0.2, 0) is 15.1 Å². The molecule has 0 radical (unpaired) electrons. The third-order valence-electron chi connectivity index (χ3n) is 7.71. The molecule has 3 heterocycles. The molecule has 2 unspecified atom stereocenters. The maximum absolute atomic E-state index is 13.4. The standard InChI is InChI=1S/C25H30NO3.ClH/c27-24(25(28,19-9-3-1-4-10-19)20-11-5-2-6-12-20)29-23-17-21-13-14-22(18-23)26(21)15-7-8-16-26;/h1-6,9-12,21-23,28H,7-8,13-18H2;1H/q+1;/p-1. The molecule has 0 amide bonds. The number of hydrogen-bond donors (Lipinski definition) is 1. The molecule has 2 aromatic carbocycles. The van der Waals surface area contributed by atoms with Gasteiger partial charge in [0.15, 0.2) is 0 Å². The minimum absolute atomic E-state index is 0. The Morgan fingerprint density at radius 2 is 1.33 bits per heavy atom. The molecule has 5 heteroatoms. The maximum Gasteiger partial charge on any atom is 0.347 e. The first kappa shape index (κ1) is 21.4. The molecule has 4 nitrogen and oxygen atoms in total. The fourth-order valence-electron chi connectivity index (χ4n) is 6.30. The molecule has 2 atom stereocenters. The van der Waals surface area contributed by atoms with Gasteiger partial charge in [-0.2, -0.15) is 0 Å². The summed E-state index contributed by atoms with van der Waals surface area (Å²) < 4.78 is 7.32. The minimum atomic E-state index is -1.78. The van der Waals surface area contributed by atoms with Gasteiger partial charge in [0, 0.05) is 38.5 Å². The summed E-state index contributed by atoms with van der Waals surface area (Å²) in [6.45, 7) is 2.60. The van der Waals surface area contributed by atoms with Crippen molar-refractivity contribution in [2.24, 2.45) is 0 Å². The van der Waals surface area contributed by atoms with Crippen molar-refractivity contribution in [1.29, 1.82) is 0 Å². The molecule has 5 rings (SSSR count). The molecule has 160 valence electrons. The average Bonchev–Trinajstić information content (AvgIpc) is 3.31. The van der Waals surface area contributed by atoms with E-state index in [4.69, 9.17) is 4.74 Å². The topological polar surface area (TPSA) is 46.5 Å². The van der Waals surface area contributed by atoms with Gasteiger partial charge in [-0.05, 0) is 11.1 Å². The van der Waals surface area contributed by atoms with E-state index in [-0.39, 0.29) is 18.5 Å². The molecule has 1 N–H and O–H groups in total. The van der Waals surface area contributed by atoms with Gasteiger partial charge in [0.2, 0.25) is 5.60 Å². The quantitative estimate of drug-likeness (QED) is 0.579. The van der Waals surface area contributed by atoms with Crippen molar-refractivity contribution in [2.45, 2.75) is 62.3 Å². The summed E-state index contributed by atoms with van der Waals surface area (Å²) in [6.07, 6.45) is 6.94. The van der Waals surface area contributed by atoms with E-state index in [2.05, 4.69) is 0 Å². The Morgan fingerprint density at radius 1 is 0.867 bits per heavy atom. The summed E-state index contributed by atoms with van der Waals surface area (Å²) in [5.74, 6) is -0.547. The van der Waals surface area contributed by atoms with Crippen LogP contribution in [0.3, 0.4) is 0 Å². The number of benzene rings is 2. The lowest BCUT2D eigenvalue weighted by Crippen LogP contribution is -3.00. The molecule has 3 aliphatic rings. The number of ether oxygens (including phenoxy) is 1. The first-order chi connectivity index (χ1) is 14.1. The fourth-order valence-corrected chi connectivity index (χ4v) is 6.30. The van der Waals surface area contributed by atoms with Crippen LogP contribution in [-0.4, -0.2) is 46.8 Å². The second kappa shape index (κ2) is 8.33. The third-order valence-corrected chi connectivity index (χ3v) is 7.71. The number of quaternary nitrogens is 1. The zero-order chi connectivity index (χ0) is 19.9. The molecule has 0 aliphatic carbocycles. The first-order valence-corrected chi connectivity index (χ1v) is 11.0.